The molecule has 1 aliphatic heterocycles. The summed E-state index contributed by atoms with van der Waals surface area (Å²) in [5.74, 6) is -0.213. The first-order chi connectivity index (χ1) is 9.74. The summed E-state index contributed by atoms with van der Waals surface area (Å²) < 4.78 is 1.89. The molecule has 0 bridgehead atoms. The van der Waals surface area contributed by atoms with E-state index in [1.807, 2.05) is 41.1 Å². The third kappa shape index (κ3) is 2.52. The lowest BCUT2D eigenvalue weighted by Gasteiger charge is -2.22. The van der Waals surface area contributed by atoms with Crippen LogP contribution in [0.15, 0.2) is 36.5 Å². The van der Waals surface area contributed by atoms with Gasteiger partial charge in [-0.3, -0.25) is 9.59 Å². The van der Waals surface area contributed by atoms with Gasteiger partial charge in [0.25, 0.3) is 0 Å². The monoisotopic (exact) mass is 271 g/mol. The molecule has 1 atom stereocenters. The summed E-state index contributed by atoms with van der Waals surface area (Å²) in [5, 5.41) is 6.67. The lowest BCUT2D eigenvalue weighted by molar-refractivity contribution is -0.130. The number of nitrogens with one attached hydrogen (secondary N) is 2. The van der Waals surface area contributed by atoms with Crippen LogP contribution in [-0.2, 0) is 16.1 Å². The molecule has 0 unspecified atom stereocenters. The van der Waals surface area contributed by atoms with Crippen molar-refractivity contribution in [3.63, 3.8) is 0 Å². The number of hydrogen-bond donors (Lipinski definition) is 2. The number of benzene rings is 1. The second-order valence-corrected chi connectivity index (χ2v) is 5.06. The van der Waals surface area contributed by atoms with E-state index in [-0.39, 0.29) is 18.4 Å². The van der Waals surface area contributed by atoms with E-state index in [0.29, 0.717) is 13.0 Å². The maximum absolute atomic E-state index is 12.1. The van der Waals surface area contributed by atoms with Gasteiger partial charge in [-0.25, -0.2) is 0 Å². The molecule has 1 aliphatic rings. The van der Waals surface area contributed by atoms with Crippen LogP contribution in [0.4, 0.5) is 0 Å². The summed E-state index contributed by atoms with van der Waals surface area (Å²) in [4.78, 5) is 23.7. The van der Waals surface area contributed by atoms with E-state index in [1.165, 1.54) is 0 Å². The zero-order valence-electron chi connectivity index (χ0n) is 11.1. The third-order valence-corrected chi connectivity index (χ3v) is 3.61. The van der Waals surface area contributed by atoms with Gasteiger partial charge in [0, 0.05) is 18.3 Å². The highest BCUT2D eigenvalue weighted by Gasteiger charge is 2.23. The molecule has 0 radical (unpaired) electrons. The van der Waals surface area contributed by atoms with Crippen molar-refractivity contribution in [3.8, 4) is 0 Å². The fourth-order valence-electron chi connectivity index (χ4n) is 2.58. The third-order valence-electron chi connectivity index (χ3n) is 3.61. The first kappa shape index (κ1) is 12.7. The summed E-state index contributed by atoms with van der Waals surface area (Å²) in [5.41, 5.74) is 1.02. The van der Waals surface area contributed by atoms with Gasteiger partial charge in [0.1, 0.15) is 12.6 Å². The van der Waals surface area contributed by atoms with Crippen molar-refractivity contribution in [2.75, 3.05) is 6.54 Å². The quantitative estimate of drug-likeness (QED) is 0.876. The minimum Gasteiger partial charge on any atom is -0.354 e. The van der Waals surface area contributed by atoms with E-state index in [1.54, 1.807) is 0 Å². The Kier molecular flexibility index (Phi) is 3.41. The molecule has 0 aliphatic carbocycles. The van der Waals surface area contributed by atoms with E-state index in [0.717, 1.165) is 17.3 Å². The average molecular weight is 271 g/mol. The Morgan fingerprint density at radius 3 is 3.05 bits per heavy atom. The standard InChI is InChI=1S/C15H17N3O2/c19-14(17-12-5-3-8-16-15(12)20)10-18-9-7-11-4-1-2-6-13(11)18/h1-2,4,6-7,9,12H,3,5,8,10H2,(H,16,20)(H,17,19)/t12-/m0/s1. The van der Waals surface area contributed by atoms with Crippen LogP contribution in [0.3, 0.4) is 0 Å². The van der Waals surface area contributed by atoms with Gasteiger partial charge in [0.05, 0.1) is 0 Å². The lowest BCUT2D eigenvalue weighted by Crippen LogP contribution is -2.50. The normalized spacial score (nSPS) is 18.8. The van der Waals surface area contributed by atoms with Crippen molar-refractivity contribution in [1.82, 2.24) is 15.2 Å². The van der Waals surface area contributed by atoms with Gasteiger partial charge >= 0.3 is 0 Å². The van der Waals surface area contributed by atoms with Crippen molar-refractivity contribution < 1.29 is 9.59 Å². The van der Waals surface area contributed by atoms with Crippen molar-refractivity contribution in [1.29, 1.82) is 0 Å². The van der Waals surface area contributed by atoms with Gasteiger partial charge < -0.3 is 15.2 Å². The Bertz CT molecular complexity index is 647. The molecular formula is C15H17N3O2. The van der Waals surface area contributed by atoms with Crippen LogP contribution < -0.4 is 10.6 Å². The number of para-hydroxylation sites is 1. The first-order valence-electron chi connectivity index (χ1n) is 6.85. The zero-order valence-corrected chi connectivity index (χ0v) is 11.1. The van der Waals surface area contributed by atoms with Crippen molar-refractivity contribution in [2.45, 2.75) is 25.4 Å². The fourth-order valence-corrected chi connectivity index (χ4v) is 2.58. The minimum absolute atomic E-state index is 0.0815. The number of rotatable bonds is 3. The number of fused-ring (bicyclic) bond motifs is 1. The van der Waals surface area contributed by atoms with Crippen LogP contribution in [0, 0.1) is 0 Å². The van der Waals surface area contributed by atoms with E-state index >= 15 is 0 Å². The highest BCUT2D eigenvalue weighted by molar-refractivity contribution is 5.89. The Morgan fingerprint density at radius 2 is 2.20 bits per heavy atom. The molecule has 0 spiro atoms. The molecule has 2 heterocycles. The zero-order chi connectivity index (χ0) is 13.9. The van der Waals surface area contributed by atoms with Crippen LogP contribution in [0.2, 0.25) is 0 Å². The second kappa shape index (κ2) is 5.36. The largest absolute Gasteiger partial charge is 0.354 e. The van der Waals surface area contributed by atoms with Gasteiger partial charge in [-0.2, -0.15) is 0 Å². The number of piperidine rings is 1. The minimum atomic E-state index is -0.391. The van der Waals surface area contributed by atoms with Gasteiger partial charge in [-0.1, -0.05) is 18.2 Å². The SMILES string of the molecule is O=C(Cn1ccc2ccccc21)N[C@H]1CCCNC1=O. The maximum Gasteiger partial charge on any atom is 0.242 e. The molecular weight excluding hydrogens is 254 g/mol. The molecule has 2 N–H and O–H groups in total. The molecule has 20 heavy (non-hydrogen) atoms. The number of carbonyl (C=O) groups excluding carboxylic acids is 2. The molecule has 104 valence electrons. The van der Waals surface area contributed by atoms with Crippen LogP contribution in [0.5, 0.6) is 0 Å². The Morgan fingerprint density at radius 1 is 1.35 bits per heavy atom. The van der Waals surface area contributed by atoms with Crippen LogP contribution >= 0.6 is 0 Å². The molecule has 2 aromatic rings. The summed E-state index contributed by atoms with van der Waals surface area (Å²) in [6, 6.07) is 9.51. The molecule has 2 amide bonds. The smallest absolute Gasteiger partial charge is 0.242 e. The summed E-state index contributed by atoms with van der Waals surface area (Å²) in [7, 11) is 0. The molecule has 3 rings (SSSR count). The molecule has 5 heteroatoms. The molecule has 1 saturated heterocycles. The summed E-state index contributed by atoms with van der Waals surface area (Å²) >= 11 is 0. The van der Waals surface area contributed by atoms with Gasteiger partial charge in [-0.05, 0) is 30.4 Å². The van der Waals surface area contributed by atoms with Gasteiger partial charge in [-0.15, -0.1) is 0 Å². The predicted octanol–water partition coefficient (Wildman–Crippen LogP) is 1.04. The van der Waals surface area contributed by atoms with E-state index in [2.05, 4.69) is 10.6 Å². The molecule has 1 fully saturated rings. The van der Waals surface area contributed by atoms with Crippen molar-refractivity contribution in [2.24, 2.45) is 0 Å². The van der Waals surface area contributed by atoms with E-state index in [9.17, 15) is 9.59 Å². The van der Waals surface area contributed by atoms with Crippen LogP contribution in [-0.4, -0.2) is 29.0 Å². The molecule has 1 aromatic carbocycles. The van der Waals surface area contributed by atoms with Crippen molar-refractivity contribution in [3.05, 3.63) is 36.5 Å². The van der Waals surface area contributed by atoms with Crippen LogP contribution in [0.25, 0.3) is 10.9 Å². The maximum atomic E-state index is 12.1. The highest BCUT2D eigenvalue weighted by Crippen LogP contribution is 2.14. The molecule has 1 aromatic heterocycles. The van der Waals surface area contributed by atoms with Gasteiger partial charge in [0.15, 0.2) is 0 Å². The lowest BCUT2D eigenvalue weighted by atomic mass is 10.1. The first-order valence-corrected chi connectivity index (χ1v) is 6.85. The predicted molar refractivity (Wildman–Crippen MR) is 76.1 cm³/mol. The Hall–Kier alpha value is -2.30. The second-order valence-electron chi connectivity index (χ2n) is 5.06. The number of amides is 2. The Labute approximate surface area is 117 Å². The Balaban J connectivity index is 1.68. The number of nitrogens with zero attached hydrogens (tertiary/aromatic N) is 1. The topological polar surface area (TPSA) is 63.1 Å². The molecule has 5 nitrogen and oxygen atoms in total. The number of hydrogen-bond acceptors (Lipinski definition) is 2. The van der Waals surface area contributed by atoms with Gasteiger partial charge in [0.2, 0.25) is 11.8 Å². The molecule has 0 saturated carbocycles. The van der Waals surface area contributed by atoms with E-state index < -0.39 is 6.04 Å². The van der Waals surface area contributed by atoms with E-state index in [4.69, 9.17) is 0 Å². The highest BCUT2D eigenvalue weighted by atomic mass is 16.2. The van der Waals surface area contributed by atoms with Crippen LogP contribution in [0.1, 0.15) is 12.8 Å². The number of carbonyl (C=O) groups is 2. The average Bonchev–Trinajstić information content (AvgIpc) is 2.85. The van der Waals surface area contributed by atoms with Crippen molar-refractivity contribution >= 4 is 22.7 Å². The fraction of sp³-hybridized carbons (Fsp3) is 0.333. The number of aromatic nitrogens is 1. The summed E-state index contributed by atoms with van der Waals surface area (Å²) in [6.45, 7) is 0.935. The summed E-state index contributed by atoms with van der Waals surface area (Å²) in [6.07, 6.45) is 3.51.